The monoisotopic (exact) mass is 512 g/mol. The van der Waals surface area contributed by atoms with Crippen molar-refractivity contribution in [1.29, 1.82) is 0 Å². The van der Waals surface area contributed by atoms with Crippen LogP contribution in [0.15, 0.2) is 77.7 Å². The van der Waals surface area contributed by atoms with Crippen molar-refractivity contribution in [3.05, 3.63) is 88.4 Å². The summed E-state index contributed by atoms with van der Waals surface area (Å²) in [6.07, 6.45) is 5.33. The Kier molecular flexibility index (Phi) is 8.54. The van der Waals surface area contributed by atoms with Crippen LogP contribution in [0.5, 0.6) is 0 Å². The van der Waals surface area contributed by atoms with Gasteiger partial charge in [-0.05, 0) is 54.8 Å². The Hall–Kier alpha value is -2.47. The van der Waals surface area contributed by atoms with E-state index in [2.05, 4.69) is 10.6 Å². The molecule has 3 aromatic carbocycles. The van der Waals surface area contributed by atoms with Gasteiger partial charge in [-0.15, -0.1) is 11.8 Å². The van der Waals surface area contributed by atoms with Crippen LogP contribution in [0.1, 0.15) is 42.9 Å². The molecule has 0 aromatic heterocycles. The fourth-order valence-corrected chi connectivity index (χ4v) is 5.74. The van der Waals surface area contributed by atoms with Crippen LogP contribution in [0.25, 0.3) is 0 Å². The largest absolute Gasteiger partial charge is 0.326 e. The molecule has 7 heteroatoms. The van der Waals surface area contributed by atoms with Gasteiger partial charge in [0.15, 0.2) is 0 Å². The molecule has 2 N–H and O–H groups in total. The maximum absolute atomic E-state index is 13.3. The molecular formula is C27H26Cl2N2O2S. The number of hydrogen-bond donors (Lipinski definition) is 2. The van der Waals surface area contributed by atoms with Crippen LogP contribution in [0, 0.1) is 5.92 Å². The zero-order valence-electron chi connectivity index (χ0n) is 18.6. The average Bonchev–Trinajstić information content (AvgIpc) is 2.83. The van der Waals surface area contributed by atoms with Gasteiger partial charge in [0.1, 0.15) is 5.25 Å². The zero-order chi connectivity index (χ0) is 23.9. The minimum Gasteiger partial charge on any atom is -0.326 e. The summed E-state index contributed by atoms with van der Waals surface area (Å²) in [4.78, 5) is 26.9. The van der Waals surface area contributed by atoms with Crippen molar-refractivity contribution in [2.45, 2.75) is 42.2 Å². The highest BCUT2D eigenvalue weighted by Crippen LogP contribution is 2.38. The second-order valence-corrected chi connectivity index (χ2v) is 10.5. The molecule has 1 saturated carbocycles. The van der Waals surface area contributed by atoms with E-state index in [0.29, 0.717) is 15.7 Å². The van der Waals surface area contributed by atoms with E-state index in [4.69, 9.17) is 23.2 Å². The Bertz CT molecular complexity index is 1130. The molecule has 4 nitrogen and oxygen atoms in total. The van der Waals surface area contributed by atoms with E-state index in [1.807, 2.05) is 54.6 Å². The lowest BCUT2D eigenvalue weighted by Gasteiger charge is -2.21. The lowest BCUT2D eigenvalue weighted by molar-refractivity contribution is -0.120. The number of anilines is 2. The summed E-state index contributed by atoms with van der Waals surface area (Å²) in [6, 6.07) is 22.2. The normalized spacial score (nSPS) is 14.9. The number of halogens is 2. The van der Waals surface area contributed by atoms with Crippen molar-refractivity contribution in [3.8, 4) is 0 Å². The molecule has 1 atom stereocenters. The van der Waals surface area contributed by atoms with E-state index in [1.54, 1.807) is 18.2 Å². The smallest absolute Gasteiger partial charge is 0.242 e. The molecule has 1 fully saturated rings. The second kappa shape index (κ2) is 11.8. The summed E-state index contributed by atoms with van der Waals surface area (Å²) in [5.41, 5.74) is 2.15. The maximum Gasteiger partial charge on any atom is 0.242 e. The highest BCUT2D eigenvalue weighted by atomic mass is 35.5. The predicted molar refractivity (Wildman–Crippen MR) is 142 cm³/mol. The topological polar surface area (TPSA) is 58.2 Å². The third kappa shape index (κ3) is 6.78. The van der Waals surface area contributed by atoms with Crippen molar-refractivity contribution in [1.82, 2.24) is 0 Å². The van der Waals surface area contributed by atoms with E-state index in [0.717, 1.165) is 41.8 Å². The Morgan fingerprint density at radius 3 is 2.21 bits per heavy atom. The lowest BCUT2D eigenvalue weighted by Crippen LogP contribution is -2.24. The van der Waals surface area contributed by atoms with Gasteiger partial charge < -0.3 is 10.6 Å². The van der Waals surface area contributed by atoms with E-state index >= 15 is 0 Å². The standard InChI is InChI=1S/C27H26Cl2N2O2S/c28-20-14-21(29)16-23(15-20)31-27(33)25(18-8-3-1-4-9-18)34-24-13-7-12-22(17-24)30-26(32)19-10-5-2-6-11-19/h1,3-4,7-9,12-17,19,25H,2,5-6,10-11H2,(H,30,32)(H,31,33). The van der Waals surface area contributed by atoms with Crippen molar-refractivity contribution in [2.75, 3.05) is 10.6 Å². The summed E-state index contributed by atoms with van der Waals surface area (Å²) in [7, 11) is 0. The molecule has 0 heterocycles. The second-order valence-electron chi connectivity index (χ2n) is 8.41. The number of rotatable bonds is 7. The first-order valence-corrected chi connectivity index (χ1v) is 13.0. The van der Waals surface area contributed by atoms with Gasteiger partial charge in [-0.25, -0.2) is 0 Å². The molecule has 0 radical (unpaired) electrons. The number of hydrogen-bond acceptors (Lipinski definition) is 3. The third-order valence-electron chi connectivity index (χ3n) is 5.80. The zero-order valence-corrected chi connectivity index (χ0v) is 20.9. The average molecular weight is 513 g/mol. The van der Waals surface area contributed by atoms with Crippen molar-refractivity contribution in [3.63, 3.8) is 0 Å². The van der Waals surface area contributed by atoms with Gasteiger partial charge in [-0.2, -0.15) is 0 Å². The molecule has 176 valence electrons. The fourth-order valence-electron chi connectivity index (χ4n) is 4.13. The molecule has 0 spiro atoms. The van der Waals surface area contributed by atoms with Crippen LogP contribution in [0.3, 0.4) is 0 Å². The number of nitrogens with one attached hydrogen (secondary N) is 2. The van der Waals surface area contributed by atoms with Crippen LogP contribution < -0.4 is 10.6 Å². The van der Waals surface area contributed by atoms with Crippen LogP contribution in [-0.4, -0.2) is 11.8 Å². The number of amides is 2. The first-order chi connectivity index (χ1) is 16.5. The molecule has 1 unspecified atom stereocenters. The van der Waals surface area contributed by atoms with E-state index in [-0.39, 0.29) is 17.7 Å². The Morgan fingerprint density at radius 2 is 1.50 bits per heavy atom. The quantitative estimate of drug-likeness (QED) is 0.315. The first kappa shape index (κ1) is 24.6. The lowest BCUT2D eigenvalue weighted by atomic mass is 9.88. The van der Waals surface area contributed by atoms with Gasteiger partial charge in [-0.3, -0.25) is 9.59 Å². The van der Waals surface area contributed by atoms with Crippen LogP contribution in [0.4, 0.5) is 11.4 Å². The summed E-state index contributed by atoms with van der Waals surface area (Å²) in [5, 5.41) is 6.39. The molecular weight excluding hydrogens is 487 g/mol. The van der Waals surface area contributed by atoms with Crippen LogP contribution in [0.2, 0.25) is 10.0 Å². The molecule has 2 amide bonds. The molecule has 34 heavy (non-hydrogen) atoms. The van der Waals surface area contributed by atoms with Crippen molar-refractivity contribution >= 4 is 58.2 Å². The Balaban J connectivity index is 1.52. The molecule has 0 saturated heterocycles. The number of thioether (sulfide) groups is 1. The van der Waals surface area contributed by atoms with Gasteiger partial charge in [0, 0.05) is 32.2 Å². The molecule has 0 aliphatic heterocycles. The maximum atomic E-state index is 13.3. The summed E-state index contributed by atoms with van der Waals surface area (Å²) in [6.45, 7) is 0. The number of carbonyl (C=O) groups excluding carboxylic acids is 2. The molecule has 3 aromatic rings. The number of carbonyl (C=O) groups is 2. The van der Waals surface area contributed by atoms with Gasteiger partial charge in [0.25, 0.3) is 0 Å². The fraction of sp³-hybridized carbons (Fsp3) is 0.259. The minimum atomic E-state index is -0.511. The first-order valence-electron chi connectivity index (χ1n) is 11.4. The summed E-state index contributed by atoms with van der Waals surface area (Å²) in [5.74, 6) is -0.0272. The van der Waals surface area contributed by atoms with Gasteiger partial charge in [-0.1, -0.05) is 78.9 Å². The van der Waals surface area contributed by atoms with Crippen molar-refractivity contribution in [2.24, 2.45) is 5.92 Å². The molecule has 1 aliphatic rings. The minimum absolute atomic E-state index is 0.0806. The highest BCUT2D eigenvalue weighted by molar-refractivity contribution is 8.00. The van der Waals surface area contributed by atoms with E-state index in [1.165, 1.54) is 18.2 Å². The van der Waals surface area contributed by atoms with Gasteiger partial charge in [0.05, 0.1) is 0 Å². The van der Waals surface area contributed by atoms with Gasteiger partial charge >= 0.3 is 0 Å². The van der Waals surface area contributed by atoms with E-state index < -0.39 is 5.25 Å². The van der Waals surface area contributed by atoms with E-state index in [9.17, 15) is 9.59 Å². The molecule has 4 rings (SSSR count). The van der Waals surface area contributed by atoms with Crippen LogP contribution >= 0.6 is 35.0 Å². The SMILES string of the molecule is O=C(Nc1cccc(SC(C(=O)Nc2cc(Cl)cc(Cl)c2)c2ccccc2)c1)C1CCCCC1. The van der Waals surface area contributed by atoms with Crippen molar-refractivity contribution < 1.29 is 9.59 Å². The Morgan fingerprint density at radius 1 is 0.794 bits per heavy atom. The molecule has 1 aliphatic carbocycles. The van der Waals surface area contributed by atoms with Gasteiger partial charge in [0.2, 0.25) is 11.8 Å². The summed E-state index contributed by atoms with van der Waals surface area (Å²) < 4.78 is 0. The van der Waals surface area contributed by atoms with Crippen LogP contribution in [-0.2, 0) is 9.59 Å². The highest BCUT2D eigenvalue weighted by Gasteiger charge is 2.24. The predicted octanol–water partition coefficient (Wildman–Crippen LogP) is 7.98. The summed E-state index contributed by atoms with van der Waals surface area (Å²) >= 11 is 13.6. The number of benzene rings is 3. The Labute approximate surface area is 214 Å². The molecule has 0 bridgehead atoms. The third-order valence-corrected chi connectivity index (χ3v) is 7.49.